The predicted octanol–water partition coefficient (Wildman–Crippen LogP) is -0.238. The van der Waals surface area contributed by atoms with Crippen LogP contribution in [0.5, 0.6) is 5.75 Å². The Labute approximate surface area is 123 Å². The number of hydrogen-bond acceptors (Lipinski definition) is 3. The zero-order chi connectivity index (χ0) is 13.5. The Hall–Kier alpha value is -0.824. The van der Waals surface area contributed by atoms with Gasteiger partial charge >= 0.3 is 29.0 Å². The smallest absolute Gasteiger partial charge is 0.872 e. The van der Waals surface area contributed by atoms with E-state index in [9.17, 15) is 9.90 Å². The molecule has 0 aliphatic carbocycles. The van der Waals surface area contributed by atoms with Crippen LogP contribution in [0.25, 0.3) is 0 Å². The molecule has 0 saturated carbocycles. The van der Waals surface area contributed by atoms with Crippen molar-refractivity contribution in [3.63, 3.8) is 0 Å². The molecule has 6 heteroatoms. The second-order valence-electron chi connectivity index (χ2n) is 4.54. The molecular formula is C12H19MgNO4+2. The monoisotopic (exact) mass is 265 g/mol. The van der Waals surface area contributed by atoms with Crippen molar-refractivity contribution in [2.24, 2.45) is 0 Å². The molecule has 1 aromatic carbocycles. The predicted molar refractivity (Wildman–Crippen MR) is 68.6 cm³/mol. The minimum atomic E-state index is -1.18. The van der Waals surface area contributed by atoms with Crippen molar-refractivity contribution in [1.82, 2.24) is 0 Å². The van der Waals surface area contributed by atoms with E-state index in [1.54, 1.807) is 0 Å². The summed E-state index contributed by atoms with van der Waals surface area (Å²) in [5, 5.41) is 27.4. The third kappa shape index (κ3) is 9.23. The number of quaternary nitrogens is 1. The quantitative estimate of drug-likeness (QED) is 0.584. The number of likely N-dealkylation sites (N-methyl/N-ethyl adjacent to an activating group) is 1. The number of hydrogen-bond donors (Lipinski definition) is 2. The number of nitrogens with zero attached hydrogens (tertiary/aromatic N) is 1. The maximum Gasteiger partial charge on any atom is 2.00 e. The molecule has 0 saturated heterocycles. The molecule has 0 bridgehead atoms. The number of carboxylic acid groups (broad SMARTS) is 1. The van der Waals surface area contributed by atoms with E-state index in [1.165, 1.54) is 24.3 Å². The first-order chi connectivity index (χ1) is 7.78. The molecule has 0 amide bonds. The molecular weight excluding hydrogens is 246 g/mol. The fourth-order valence-electron chi connectivity index (χ4n) is 0.943. The maximum atomic E-state index is 10.7. The van der Waals surface area contributed by atoms with E-state index >= 15 is 0 Å². The zero-order valence-electron chi connectivity index (χ0n) is 11.1. The number of para-hydroxylation sites is 1. The molecule has 2 N–H and O–H groups in total. The van der Waals surface area contributed by atoms with Crippen molar-refractivity contribution in [1.29, 1.82) is 0 Å². The molecule has 0 aliphatic heterocycles. The van der Waals surface area contributed by atoms with E-state index in [0.29, 0.717) is 0 Å². The third-order valence-corrected chi connectivity index (χ3v) is 1.89. The number of aliphatic hydroxyl groups is 1. The Morgan fingerprint density at radius 1 is 1.28 bits per heavy atom. The molecule has 0 aromatic heterocycles. The standard InChI is InChI=1S/C7H6O3.C5H14NO.Mg/c8-6-4-2-1-3-5(6)7(9)10;1-6(2,3)4-5-7;/h1-4,8H,(H,9,10);7H,4-5H2,1-3H3;/q;+1;+2/p-1. The van der Waals surface area contributed by atoms with Crippen LogP contribution >= 0.6 is 0 Å². The van der Waals surface area contributed by atoms with Gasteiger partial charge in [-0.05, 0) is 6.07 Å². The van der Waals surface area contributed by atoms with Crippen molar-refractivity contribution in [2.75, 3.05) is 34.3 Å². The van der Waals surface area contributed by atoms with Crippen LogP contribution in [0.4, 0.5) is 0 Å². The summed E-state index contributed by atoms with van der Waals surface area (Å²) in [7, 11) is 6.16. The third-order valence-electron chi connectivity index (χ3n) is 1.89. The van der Waals surface area contributed by atoms with Crippen LogP contribution in [0.2, 0.25) is 0 Å². The fourth-order valence-corrected chi connectivity index (χ4v) is 0.943. The van der Waals surface area contributed by atoms with Gasteiger partial charge in [0.05, 0.1) is 33.3 Å². The molecule has 0 radical (unpaired) electrons. The largest absolute Gasteiger partial charge is 2.00 e. The maximum absolute atomic E-state index is 10.7. The number of benzene rings is 1. The Morgan fingerprint density at radius 2 is 1.78 bits per heavy atom. The Morgan fingerprint density at radius 3 is 2.00 bits per heavy atom. The summed E-state index contributed by atoms with van der Waals surface area (Å²) >= 11 is 0. The van der Waals surface area contributed by atoms with E-state index in [-0.39, 0.29) is 35.2 Å². The van der Waals surface area contributed by atoms with E-state index in [2.05, 4.69) is 21.1 Å². The first-order valence-corrected chi connectivity index (χ1v) is 5.18. The molecule has 0 spiro atoms. The van der Waals surface area contributed by atoms with Crippen LogP contribution in [-0.2, 0) is 0 Å². The Bertz CT molecular complexity index is 363. The van der Waals surface area contributed by atoms with E-state index in [0.717, 1.165) is 11.0 Å². The van der Waals surface area contributed by atoms with Gasteiger partial charge in [-0.2, -0.15) is 0 Å². The fraction of sp³-hybridized carbons (Fsp3) is 0.417. The number of carbonyl (C=O) groups is 1. The molecule has 0 heterocycles. The summed E-state index contributed by atoms with van der Waals surface area (Å²) in [6, 6.07) is 5.54. The molecule has 0 unspecified atom stereocenters. The number of aliphatic hydroxyl groups excluding tert-OH is 1. The molecule has 1 rings (SSSR count). The van der Waals surface area contributed by atoms with Gasteiger partial charge in [-0.25, -0.2) is 4.79 Å². The summed E-state index contributed by atoms with van der Waals surface area (Å²) in [5.74, 6) is -1.62. The molecule has 0 aliphatic rings. The van der Waals surface area contributed by atoms with Crippen molar-refractivity contribution in [3.8, 4) is 5.75 Å². The summed E-state index contributed by atoms with van der Waals surface area (Å²) in [4.78, 5) is 10.2. The topological polar surface area (TPSA) is 80.6 Å². The number of rotatable bonds is 3. The Kier molecular flexibility index (Phi) is 9.92. The van der Waals surface area contributed by atoms with Crippen molar-refractivity contribution < 1.29 is 24.6 Å². The summed E-state index contributed by atoms with van der Waals surface area (Å²) in [5.41, 5.74) is -0.178. The molecule has 5 nitrogen and oxygen atoms in total. The SMILES string of the molecule is C[N+](C)(C)CCO.O=C(O)c1ccccc1[O-].[Mg+2]. The van der Waals surface area contributed by atoms with Crippen LogP contribution in [0.1, 0.15) is 10.4 Å². The molecule has 18 heavy (non-hydrogen) atoms. The summed E-state index contributed by atoms with van der Waals surface area (Å²) in [6.07, 6.45) is 0. The van der Waals surface area contributed by atoms with Crippen LogP contribution in [-0.4, -0.2) is 78.0 Å². The van der Waals surface area contributed by atoms with Crippen LogP contribution in [0, 0.1) is 0 Å². The van der Waals surface area contributed by atoms with Gasteiger partial charge in [0, 0.05) is 0 Å². The number of aromatic carboxylic acids is 1. The number of carboxylic acids is 1. The molecule has 1 aromatic rings. The summed E-state index contributed by atoms with van der Waals surface area (Å²) < 4.78 is 0.844. The van der Waals surface area contributed by atoms with E-state index < -0.39 is 11.7 Å². The Balaban J connectivity index is 0. The van der Waals surface area contributed by atoms with Gasteiger partial charge < -0.3 is 19.8 Å². The summed E-state index contributed by atoms with van der Waals surface area (Å²) in [6.45, 7) is 1.11. The van der Waals surface area contributed by atoms with Gasteiger partial charge in [0.15, 0.2) is 0 Å². The van der Waals surface area contributed by atoms with Gasteiger partial charge in [-0.1, -0.05) is 23.9 Å². The van der Waals surface area contributed by atoms with Gasteiger partial charge in [0.1, 0.15) is 6.54 Å². The van der Waals surface area contributed by atoms with Crippen molar-refractivity contribution in [3.05, 3.63) is 29.8 Å². The normalized spacial score (nSPS) is 9.78. The van der Waals surface area contributed by atoms with Crippen LogP contribution in [0.15, 0.2) is 24.3 Å². The second-order valence-corrected chi connectivity index (χ2v) is 4.54. The minimum absolute atomic E-state index is 0. The average Bonchev–Trinajstić information content (AvgIpc) is 2.16. The van der Waals surface area contributed by atoms with Gasteiger partial charge in [-0.3, -0.25) is 0 Å². The minimum Gasteiger partial charge on any atom is -0.872 e. The van der Waals surface area contributed by atoms with Gasteiger partial charge in [-0.15, -0.1) is 0 Å². The van der Waals surface area contributed by atoms with E-state index in [4.69, 9.17) is 10.2 Å². The zero-order valence-corrected chi connectivity index (χ0v) is 12.5. The first-order valence-electron chi connectivity index (χ1n) is 5.18. The molecule has 96 valence electrons. The first kappa shape index (κ1) is 19.5. The van der Waals surface area contributed by atoms with Crippen molar-refractivity contribution in [2.45, 2.75) is 0 Å². The van der Waals surface area contributed by atoms with E-state index in [1.807, 2.05) is 0 Å². The van der Waals surface area contributed by atoms with Gasteiger partial charge in [0.25, 0.3) is 0 Å². The van der Waals surface area contributed by atoms with Crippen LogP contribution in [0.3, 0.4) is 0 Å². The van der Waals surface area contributed by atoms with Crippen molar-refractivity contribution >= 4 is 29.0 Å². The second kappa shape index (κ2) is 9.15. The van der Waals surface area contributed by atoms with Crippen LogP contribution < -0.4 is 5.11 Å². The molecule has 0 fully saturated rings. The average molecular weight is 266 g/mol. The van der Waals surface area contributed by atoms with Gasteiger partial charge in [0.2, 0.25) is 0 Å². The molecule has 0 atom stereocenters.